The van der Waals surface area contributed by atoms with Crippen molar-refractivity contribution in [1.29, 1.82) is 0 Å². The minimum atomic E-state index is -0.167. The predicted molar refractivity (Wildman–Crippen MR) is 106 cm³/mol. The molecule has 2 unspecified atom stereocenters. The molecule has 2 atom stereocenters. The average Bonchev–Trinajstić information content (AvgIpc) is 2.65. The normalized spacial score (nSPS) is 19.1. The first-order valence-electron chi connectivity index (χ1n) is 8.61. The molecule has 2 aromatic carbocycles. The number of hydrogen-bond donors (Lipinski definition) is 3. The number of amides is 2. The van der Waals surface area contributed by atoms with Crippen molar-refractivity contribution in [3.05, 3.63) is 65.7 Å². The summed E-state index contributed by atoms with van der Waals surface area (Å²) in [5, 5.41) is 9.22. The van der Waals surface area contributed by atoms with E-state index in [0.717, 1.165) is 19.5 Å². The lowest BCUT2D eigenvalue weighted by Gasteiger charge is -2.30. The standard InChI is InChI=1S/C20H23N3O2.ClH/c1-14-11-12-21-13-18(14)23-20(25)16-7-9-17(10-8-16)22-19(24)15-5-3-2-4-6-15;/h2-10,14,18,21H,11-13H2,1H3,(H,22,24)(H,23,25);1H. The molecule has 1 heterocycles. The number of halogens is 1. The summed E-state index contributed by atoms with van der Waals surface area (Å²) >= 11 is 0. The van der Waals surface area contributed by atoms with Crippen LogP contribution >= 0.6 is 12.4 Å². The van der Waals surface area contributed by atoms with Gasteiger partial charge < -0.3 is 16.0 Å². The fourth-order valence-electron chi connectivity index (χ4n) is 2.93. The first-order valence-corrected chi connectivity index (χ1v) is 8.61. The first-order chi connectivity index (χ1) is 12.1. The number of hydrogen-bond acceptors (Lipinski definition) is 3. The van der Waals surface area contributed by atoms with Gasteiger partial charge in [-0.05, 0) is 55.3 Å². The lowest BCUT2D eigenvalue weighted by molar-refractivity contribution is 0.0915. The van der Waals surface area contributed by atoms with Crippen molar-refractivity contribution in [2.24, 2.45) is 5.92 Å². The van der Waals surface area contributed by atoms with Gasteiger partial charge in [0.2, 0.25) is 0 Å². The minimum absolute atomic E-state index is 0. The molecule has 0 bridgehead atoms. The van der Waals surface area contributed by atoms with E-state index in [0.29, 0.717) is 22.7 Å². The molecule has 1 aliphatic heterocycles. The Labute approximate surface area is 160 Å². The van der Waals surface area contributed by atoms with E-state index in [1.54, 1.807) is 36.4 Å². The van der Waals surface area contributed by atoms with Gasteiger partial charge >= 0.3 is 0 Å². The van der Waals surface area contributed by atoms with Gasteiger partial charge in [0.25, 0.3) is 11.8 Å². The van der Waals surface area contributed by atoms with E-state index in [1.807, 2.05) is 18.2 Å². The van der Waals surface area contributed by atoms with Crippen molar-refractivity contribution < 1.29 is 9.59 Å². The Morgan fingerprint density at radius 1 is 0.962 bits per heavy atom. The molecular weight excluding hydrogens is 350 g/mol. The summed E-state index contributed by atoms with van der Waals surface area (Å²) in [6.07, 6.45) is 1.06. The molecule has 1 aliphatic rings. The zero-order chi connectivity index (χ0) is 17.6. The summed E-state index contributed by atoms with van der Waals surface area (Å²) in [5.41, 5.74) is 1.86. The number of rotatable bonds is 4. The van der Waals surface area contributed by atoms with Crippen molar-refractivity contribution in [2.75, 3.05) is 18.4 Å². The third-order valence-electron chi connectivity index (χ3n) is 4.59. The highest BCUT2D eigenvalue weighted by Crippen LogP contribution is 2.14. The highest BCUT2D eigenvalue weighted by atomic mass is 35.5. The summed E-state index contributed by atoms with van der Waals surface area (Å²) in [6, 6.07) is 16.1. The molecule has 0 radical (unpaired) electrons. The maximum absolute atomic E-state index is 12.4. The summed E-state index contributed by atoms with van der Waals surface area (Å²) in [7, 11) is 0. The summed E-state index contributed by atoms with van der Waals surface area (Å²) in [6.45, 7) is 3.97. The quantitative estimate of drug-likeness (QED) is 0.771. The maximum Gasteiger partial charge on any atom is 0.255 e. The molecular formula is C20H24ClN3O2. The fourth-order valence-corrected chi connectivity index (χ4v) is 2.93. The molecule has 0 spiro atoms. The van der Waals surface area contributed by atoms with Crippen LogP contribution in [0.1, 0.15) is 34.1 Å². The zero-order valence-electron chi connectivity index (χ0n) is 14.7. The molecule has 1 saturated heterocycles. The van der Waals surface area contributed by atoms with Crippen LogP contribution in [0.25, 0.3) is 0 Å². The summed E-state index contributed by atoms with van der Waals surface area (Å²) in [5.74, 6) is 0.219. The second-order valence-electron chi connectivity index (χ2n) is 6.45. The highest BCUT2D eigenvalue weighted by molar-refractivity contribution is 6.04. The van der Waals surface area contributed by atoms with Gasteiger partial charge in [-0.2, -0.15) is 0 Å². The van der Waals surface area contributed by atoms with Crippen molar-refractivity contribution in [2.45, 2.75) is 19.4 Å². The topological polar surface area (TPSA) is 70.2 Å². The van der Waals surface area contributed by atoms with Crippen LogP contribution in [0.3, 0.4) is 0 Å². The molecule has 3 rings (SSSR count). The molecule has 0 aromatic heterocycles. The molecule has 2 amide bonds. The number of benzene rings is 2. The van der Waals surface area contributed by atoms with E-state index in [1.165, 1.54) is 0 Å². The van der Waals surface area contributed by atoms with E-state index in [4.69, 9.17) is 0 Å². The molecule has 2 aromatic rings. The second-order valence-corrected chi connectivity index (χ2v) is 6.45. The van der Waals surface area contributed by atoms with E-state index in [2.05, 4.69) is 22.9 Å². The van der Waals surface area contributed by atoms with Crippen LogP contribution in [0.5, 0.6) is 0 Å². The van der Waals surface area contributed by atoms with E-state index in [-0.39, 0.29) is 30.3 Å². The molecule has 0 saturated carbocycles. The van der Waals surface area contributed by atoms with Crippen molar-refractivity contribution in [1.82, 2.24) is 10.6 Å². The zero-order valence-corrected chi connectivity index (χ0v) is 15.5. The van der Waals surface area contributed by atoms with Gasteiger partial charge in [-0.25, -0.2) is 0 Å². The minimum Gasteiger partial charge on any atom is -0.348 e. The third-order valence-corrected chi connectivity index (χ3v) is 4.59. The van der Waals surface area contributed by atoms with Crippen molar-refractivity contribution >= 4 is 29.9 Å². The number of carbonyl (C=O) groups is 2. The van der Waals surface area contributed by atoms with Gasteiger partial charge in [0.15, 0.2) is 0 Å². The molecule has 3 N–H and O–H groups in total. The van der Waals surface area contributed by atoms with E-state index < -0.39 is 0 Å². The van der Waals surface area contributed by atoms with Gasteiger partial charge in [-0.3, -0.25) is 9.59 Å². The van der Waals surface area contributed by atoms with Crippen molar-refractivity contribution in [3.8, 4) is 0 Å². The van der Waals surface area contributed by atoms with Crippen molar-refractivity contribution in [3.63, 3.8) is 0 Å². The van der Waals surface area contributed by atoms with Gasteiger partial charge in [-0.15, -0.1) is 12.4 Å². The Kier molecular flexibility index (Phi) is 7.18. The van der Waals surface area contributed by atoms with Gasteiger partial charge in [0, 0.05) is 29.4 Å². The lowest BCUT2D eigenvalue weighted by atomic mass is 9.94. The van der Waals surface area contributed by atoms with Gasteiger partial charge in [-0.1, -0.05) is 25.1 Å². The van der Waals surface area contributed by atoms with Crippen LogP contribution in [0, 0.1) is 5.92 Å². The largest absolute Gasteiger partial charge is 0.348 e. The summed E-state index contributed by atoms with van der Waals surface area (Å²) < 4.78 is 0. The predicted octanol–water partition coefficient (Wildman–Crippen LogP) is 3.09. The van der Waals surface area contributed by atoms with Crippen LogP contribution in [-0.2, 0) is 0 Å². The summed E-state index contributed by atoms with van der Waals surface area (Å²) in [4.78, 5) is 24.5. The smallest absolute Gasteiger partial charge is 0.255 e. The Balaban J connectivity index is 0.00000243. The van der Waals surface area contributed by atoms with Crippen LogP contribution in [0.15, 0.2) is 54.6 Å². The molecule has 1 fully saturated rings. The fraction of sp³-hybridized carbons (Fsp3) is 0.300. The maximum atomic E-state index is 12.4. The SMILES string of the molecule is CC1CCNCC1NC(=O)c1ccc(NC(=O)c2ccccc2)cc1.Cl. The number of carbonyl (C=O) groups excluding carboxylic acids is 2. The van der Waals surface area contributed by atoms with Crippen LogP contribution in [0.4, 0.5) is 5.69 Å². The van der Waals surface area contributed by atoms with Crippen LogP contribution in [-0.4, -0.2) is 30.9 Å². The third kappa shape index (κ3) is 5.07. The Hall–Kier alpha value is -2.37. The van der Waals surface area contributed by atoms with Gasteiger partial charge in [0.05, 0.1) is 0 Å². The second kappa shape index (κ2) is 9.36. The average molecular weight is 374 g/mol. The van der Waals surface area contributed by atoms with Gasteiger partial charge in [0.1, 0.15) is 0 Å². The Bertz CT molecular complexity index is 734. The molecule has 138 valence electrons. The van der Waals surface area contributed by atoms with E-state index in [9.17, 15) is 9.59 Å². The lowest BCUT2D eigenvalue weighted by Crippen LogP contribution is -2.50. The number of piperidine rings is 1. The molecule has 0 aliphatic carbocycles. The molecule has 5 nitrogen and oxygen atoms in total. The monoisotopic (exact) mass is 373 g/mol. The number of nitrogens with one attached hydrogen (secondary N) is 3. The molecule has 26 heavy (non-hydrogen) atoms. The first kappa shape index (κ1) is 19.9. The van der Waals surface area contributed by atoms with Crippen LogP contribution in [0.2, 0.25) is 0 Å². The number of anilines is 1. The molecule has 6 heteroatoms. The Morgan fingerprint density at radius 3 is 2.27 bits per heavy atom. The Morgan fingerprint density at radius 2 is 1.62 bits per heavy atom. The van der Waals surface area contributed by atoms with Crippen LogP contribution < -0.4 is 16.0 Å². The van der Waals surface area contributed by atoms with E-state index >= 15 is 0 Å². The highest BCUT2D eigenvalue weighted by Gasteiger charge is 2.22.